The zero-order valence-electron chi connectivity index (χ0n) is 14.2. The Kier molecular flexibility index (Phi) is 5.89. The number of nitrogens with zero attached hydrogens (tertiary/aromatic N) is 2. The number of benzene rings is 1. The minimum absolute atomic E-state index is 0.286. The van der Waals surface area contributed by atoms with E-state index in [9.17, 15) is 0 Å². The summed E-state index contributed by atoms with van der Waals surface area (Å²) >= 11 is 6.13. The van der Waals surface area contributed by atoms with Gasteiger partial charge in [-0.2, -0.15) is 0 Å². The van der Waals surface area contributed by atoms with Crippen LogP contribution in [0.5, 0.6) is 0 Å². The lowest BCUT2D eigenvalue weighted by molar-refractivity contribution is 0.122. The van der Waals surface area contributed by atoms with E-state index in [2.05, 4.69) is 23.2 Å². The first-order chi connectivity index (χ1) is 11.7. The molecule has 0 bridgehead atoms. The third-order valence-corrected chi connectivity index (χ3v) is 4.44. The molecule has 24 heavy (non-hydrogen) atoms. The van der Waals surface area contributed by atoms with Gasteiger partial charge < -0.3 is 19.7 Å². The van der Waals surface area contributed by atoms with Gasteiger partial charge in [0.1, 0.15) is 5.82 Å². The van der Waals surface area contributed by atoms with Gasteiger partial charge in [0.15, 0.2) is 0 Å². The predicted molar refractivity (Wildman–Crippen MR) is 98.0 cm³/mol. The number of pyridine rings is 1. The van der Waals surface area contributed by atoms with E-state index in [0.29, 0.717) is 11.6 Å². The molecule has 1 saturated heterocycles. The molecular weight excluding hydrogens is 326 g/mol. The lowest BCUT2D eigenvalue weighted by atomic mass is 10.1. The molecule has 1 N–H and O–H groups in total. The highest BCUT2D eigenvalue weighted by Crippen LogP contribution is 2.26. The standard InChI is InChI=1S/C18H24ClN3O2/c1-13(12-23-2)20-11-15-9-14-3-4-16(19)10-17(14)21-18(15)22-5-7-24-8-6-22/h3-4,9-10,13,20H,5-8,11-12H2,1-2H3. The summed E-state index contributed by atoms with van der Waals surface area (Å²) in [6.45, 7) is 6.75. The van der Waals surface area contributed by atoms with Gasteiger partial charge in [-0.05, 0) is 25.1 Å². The summed E-state index contributed by atoms with van der Waals surface area (Å²) in [6.07, 6.45) is 0. The molecule has 1 atom stereocenters. The number of anilines is 1. The third-order valence-electron chi connectivity index (χ3n) is 4.20. The van der Waals surface area contributed by atoms with Gasteiger partial charge in [-0.1, -0.05) is 17.7 Å². The molecule has 1 aromatic carbocycles. The third kappa shape index (κ3) is 4.16. The van der Waals surface area contributed by atoms with E-state index >= 15 is 0 Å². The molecule has 0 radical (unpaired) electrons. The van der Waals surface area contributed by atoms with Crippen LogP contribution in [0.15, 0.2) is 24.3 Å². The van der Waals surface area contributed by atoms with Gasteiger partial charge in [-0.3, -0.25) is 0 Å². The van der Waals surface area contributed by atoms with Crippen molar-refractivity contribution >= 4 is 28.3 Å². The highest BCUT2D eigenvalue weighted by molar-refractivity contribution is 6.31. The van der Waals surface area contributed by atoms with Crippen LogP contribution in [0.25, 0.3) is 10.9 Å². The molecule has 0 spiro atoms. The van der Waals surface area contributed by atoms with Crippen LogP contribution < -0.4 is 10.2 Å². The van der Waals surface area contributed by atoms with E-state index in [1.54, 1.807) is 7.11 Å². The van der Waals surface area contributed by atoms with E-state index < -0.39 is 0 Å². The zero-order valence-corrected chi connectivity index (χ0v) is 15.0. The van der Waals surface area contributed by atoms with E-state index in [-0.39, 0.29) is 6.04 Å². The lowest BCUT2D eigenvalue weighted by Crippen LogP contribution is -2.38. The Hall–Kier alpha value is -1.40. The number of halogens is 1. The number of hydrogen-bond donors (Lipinski definition) is 1. The Balaban J connectivity index is 1.92. The van der Waals surface area contributed by atoms with Gasteiger partial charge in [0.05, 0.1) is 25.3 Å². The van der Waals surface area contributed by atoms with Crippen molar-refractivity contribution < 1.29 is 9.47 Å². The normalized spacial score (nSPS) is 16.5. The smallest absolute Gasteiger partial charge is 0.133 e. The maximum absolute atomic E-state index is 6.13. The average molecular weight is 350 g/mol. The maximum Gasteiger partial charge on any atom is 0.133 e. The van der Waals surface area contributed by atoms with Crippen LogP contribution in [0.1, 0.15) is 12.5 Å². The average Bonchev–Trinajstić information content (AvgIpc) is 2.60. The highest BCUT2D eigenvalue weighted by Gasteiger charge is 2.18. The molecule has 0 saturated carbocycles. The van der Waals surface area contributed by atoms with Crippen molar-refractivity contribution in [1.29, 1.82) is 0 Å². The summed E-state index contributed by atoms with van der Waals surface area (Å²) in [4.78, 5) is 7.19. The number of fused-ring (bicyclic) bond motifs is 1. The number of methoxy groups -OCH3 is 1. The first-order valence-corrected chi connectivity index (χ1v) is 8.69. The molecule has 1 aliphatic heterocycles. The van der Waals surface area contributed by atoms with Crippen molar-refractivity contribution in [3.05, 3.63) is 34.9 Å². The molecule has 6 heteroatoms. The van der Waals surface area contributed by atoms with E-state index in [1.807, 2.05) is 18.2 Å². The molecular formula is C18H24ClN3O2. The molecule has 0 aliphatic carbocycles. The minimum Gasteiger partial charge on any atom is -0.383 e. The largest absolute Gasteiger partial charge is 0.383 e. The van der Waals surface area contributed by atoms with Gasteiger partial charge in [-0.15, -0.1) is 0 Å². The van der Waals surface area contributed by atoms with E-state index in [4.69, 9.17) is 26.1 Å². The molecule has 130 valence electrons. The van der Waals surface area contributed by atoms with Crippen LogP contribution in [-0.4, -0.2) is 51.0 Å². The highest BCUT2D eigenvalue weighted by atomic mass is 35.5. The van der Waals surface area contributed by atoms with Gasteiger partial charge in [0.2, 0.25) is 0 Å². The monoisotopic (exact) mass is 349 g/mol. The molecule has 5 nitrogen and oxygen atoms in total. The number of nitrogens with one attached hydrogen (secondary N) is 1. The number of aromatic nitrogens is 1. The molecule has 1 fully saturated rings. The Morgan fingerprint density at radius 2 is 2.12 bits per heavy atom. The van der Waals surface area contributed by atoms with Crippen molar-refractivity contribution in [2.24, 2.45) is 0 Å². The van der Waals surface area contributed by atoms with Crippen LogP contribution in [0.4, 0.5) is 5.82 Å². The summed E-state index contributed by atoms with van der Waals surface area (Å²) in [7, 11) is 1.72. The maximum atomic E-state index is 6.13. The van der Waals surface area contributed by atoms with Gasteiger partial charge in [0.25, 0.3) is 0 Å². The fourth-order valence-corrected chi connectivity index (χ4v) is 3.11. The summed E-state index contributed by atoms with van der Waals surface area (Å²) in [5, 5.41) is 5.32. The molecule has 1 aliphatic rings. The first-order valence-electron chi connectivity index (χ1n) is 8.31. The lowest BCUT2D eigenvalue weighted by Gasteiger charge is -2.30. The number of morpholine rings is 1. The molecule has 1 aromatic heterocycles. The summed E-state index contributed by atoms with van der Waals surface area (Å²) in [5.74, 6) is 1.02. The molecule has 0 amide bonds. The molecule has 2 heterocycles. The van der Waals surface area contributed by atoms with Crippen LogP contribution >= 0.6 is 11.6 Å². The Morgan fingerprint density at radius 1 is 1.33 bits per heavy atom. The zero-order chi connectivity index (χ0) is 16.9. The Morgan fingerprint density at radius 3 is 2.88 bits per heavy atom. The topological polar surface area (TPSA) is 46.6 Å². The molecule has 3 rings (SSSR count). The second-order valence-electron chi connectivity index (χ2n) is 6.14. The Bertz CT molecular complexity index is 689. The summed E-state index contributed by atoms with van der Waals surface area (Å²) in [6, 6.07) is 8.34. The minimum atomic E-state index is 0.286. The second-order valence-corrected chi connectivity index (χ2v) is 6.58. The predicted octanol–water partition coefficient (Wildman–Crippen LogP) is 2.85. The van der Waals surface area contributed by atoms with Gasteiger partial charge >= 0.3 is 0 Å². The number of ether oxygens (including phenoxy) is 2. The Labute approximate surface area is 147 Å². The van der Waals surface area contributed by atoms with Crippen molar-refractivity contribution in [3.63, 3.8) is 0 Å². The second kappa shape index (κ2) is 8.12. The van der Waals surface area contributed by atoms with E-state index in [1.165, 1.54) is 5.56 Å². The summed E-state index contributed by atoms with van der Waals surface area (Å²) in [5.41, 5.74) is 2.12. The molecule has 1 unspecified atom stereocenters. The van der Waals surface area contributed by atoms with E-state index in [0.717, 1.165) is 49.6 Å². The van der Waals surface area contributed by atoms with Gasteiger partial charge in [0, 0.05) is 48.8 Å². The fraction of sp³-hybridized carbons (Fsp3) is 0.500. The van der Waals surface area contributed by atoms with Crippen LogP contribution in [0.3, 0.4) is 0 Å². The van der Waals surface area contributed by atoms with Crippen molar-refractivity contribution in [3.8, 4) is 0 Å². The number of rotatable bonds is 6. The summed E-state index contributed by atoms with van der Waals surface area (Å²) < 4.78 is 10.7. The van der Waals surface area contributed by atoms with Gasteiger partial charge in [-0.25, -0.2) is 4.98 Å². The molecule has 2 aromatic rings. The number of hydrogen-bond acceptors (Lipinski definition) is 5. The quantitative estimate of drug-likeness (QED) is 0.869. The fourth-order valence-electron chi connectivity index (χ4n) is 2.95. The van der Waals surface area contributed by atoms with Crippen molar-refractivity contribution in [2.75, 3.05) is 44.9 Å². The van der Waals surface area contributed by atoms with Crippen LogP contribution in [0, 0.1) is 0 Å². The SMILES string of the molecule is COCC(C)NCc1cc2ccc(Cl)cc2nc1N1CCOCC1. The van der Waals surface area contributed by atoms with Crippen LogP contribution in [0.2, 0.25) is 5.02 Å². The van der Waals surface area contributed by atoms with Crippen molar-refractivity contribution in [2.45, 2.75) is 19.5 Å². The van der Waals surface area contributed by atoms with Crippen LogP contribution in [-0.2, 0) is 16.0 Å². The van der Waals surface area contributed by atoms with Crippen molar-refractivity contribution in [1.82, 2.24) is 10.3 Å². The first kappa shape index (κ1) is 17.4.